The van der Waals surface area contributed by atoms with Gasteiger partial charge in [-0.15, -0.1) is 0 Å². The predicted octanol–water partition coefficient (Wildman–Crippen LogP) is -0.482. The van der Waals surface area contributed by atoms with Gasteiger partial charge in [0.15, 0.2) is 0 Å². The van der Waals surface area contributed by atoms with Gasteiger partial charge in [0.1, 0.15) is 0 Å². The average molecular weight is 180 g/mol. The first-order valence-electron chi connectivity index (χ1n) is 4.08. The average Bonchev–Trinajstić information content (AvgIpc) is 2.12. The molecule has 0 bridgehead atoms. The van der Waals surface area contributed by atoms with Gasteiger partial charge in [0.05, 0.1) is 12.6 Å². The lowest BCUT2D eigenvalue weighted by Gasteiger charge is -2.20. The van der Waals surface area contributed by atoms with Crippen LogP contribution in [0.2, 0.25) is 0 Å². The number of aliphatic hydroxyl groups excluding tert-OH is 1. The summed E-state index contributed by atoms with van der Waals surface area (Å²) in [7, 11) is 0. The van der Waals surface area contributed by atoms with Crippen molar-refractivity contribution >= 4 is 0 Å². The number of hydrogen-bond acceptors (Lipinski definition) is 3. The van der Waals surface area contributed by atoms with E-state index in [-0.39, 0.29) is 6.54 Å². The molecular formula is C7H14F2N2O. The van der Waals surface area contributed by atoms with Gasteiger partial charge in [-0.3, -0.25) is 4.90 Å². The summed E-state index contributed by atoms with van der Waals surface area (Å²) in [6.07, 6.45) is -2.83. The summed E-state index contributed by atoms with van der Waals surface area (Å²) in [5.41, 5.74) is 0. The van der Waals surface area contributed by atoms with Gasteiger partial charge in [-0.2, -0.15) is 0 Å². The smallest absolute Gasteiger partial charge is 0.251 e. The molecule has 5 heteroatoms. The minimum Gasteiger partial charge on any atom is -0.390 e. The van der Waals surface area contributed by atoms with E-state index in [0.29, 0.717) is 26.2 Å². The van der Waals surface area contributed by atoms with Crippen molar-refractivity contribution in [1.82, 2.24) is 10.2 Å². The zero-order chi connectivity index (χ0) is 8.97. The van der Waals surface area contributed by atoms with E-state index in [1.54, 1.807) is 4.90 Å². The first-order chi connectivity index (χ1) is 5.68. The lowest BCUT2D eigenvalue weighted by Crippen LogP contribution is -2.36. The molecule has 1 fully saturated rings. The molecule has 1 atom stereocenters. The van der Waals surface area contributed by atoms with E-state index in [2.05, 4.69) is 5.32 Å². The largest absolute Gasteiger partial charge is 0.390 e. The quantitative estimate of drug-likeness (QED) is 0.602. The molecule has 1 unspecified atom stereocenters. The standard InChI is InChI=1S/C7H14F2N2O/c8-7(9)5-11-2-1-10-3-6(12)4-11/h6-7,10,12H,1-5H2. The Hall–Kier alpha value is -0.260. The molecule has 1 aliphatic rings. The minimum atomic E-state index is -2.31. The molecule has 0 aromatic heterocycles. The molecule has 72 valence electrons. The molecule has 3 nitrogen and oxygen atoms in total. The molecule has 0 saturated carbocycles. The summed E-state index contributed by atoms with van der Waals surface area (Å²) in [6, 6.07) is 0. The highest BCUT2D eigenvalue weighted by atomic mass is 19.3. The zero-order valence-electron chi connectivity index (χ0n) is 6.84. The lowest BCUT2D eigenvalue weighted by molar-refractivity contribution is 0.0660. The van der Waals surface area contributed by atoms with Gasteiger partial charge in [0.2, 0.25) is 0 Å². The van der Waals surface area contributed by atoms with Crippen LogP contribution in [0.3, 0.4) is 0 Å². The zero-order valence-corrected chi connectivity index (χ0v) is 6.84. The molecule has 0 spiro atoms. The Labute approximate surface area is 70.4 Å². The van der Waals surface area contributed by atoms with Gasteiger partial charge < -0.3 is 10.4 Å². The molecule has 0 amide bonds. The molecular weight excluding hydrogens is 166 g/mol. The Morgan fingerprint density at radius 2 is 2.33 bits per heavy atom. The van der Waals surface area contributed by atoms with Crippen molar-refractivity contribution in [1.29, 1.82) is 0 Å². The molecule has 0 radical (unpaired) electrons. The maximum absolute atomic E-state index is 11.9. The van der Waals surface area contributed by atoms with Gasteiger partial charge in [0, 0.05) is 26.2 Å². The van der Waals surface area contributed by atoms with Crippen molar-refractivity contribution in [2.75, 3.05) is 32.7 Å². The number of halogens is 2. The number of β-amino-alcohol motifs (C(OH)–C–C–N with tert-alkyl or cyclic N) is 1. The van der Waals surface area contributed by atoms with Crippen LogP contribution >= 0.6 is 0 Å². The molecule has 1 aliphatic heterocycles. The SMILES string of the molecule is OC1CNCCN(CC(F)F)C1. The van der Waals surface area contributed by atoms with Crippen LogP contribution in [0.15, 0.2) is 0 Å². The van der Waals surface area contributed by atoms with Crippen LogP contribution in [-0.2, 0) is 0 Å². The van der Waals surface area contributed by atoms with Gasteiger partial charge in [0.25, 0.3) is 6.43 Å². The van der Waals surface area contributed by atoms with Crippen LogP contribution in [0, 0.1) is 0 Å². The van der Waals surface area contributed by atoms with Crippen LogP contribution in [0.4, 0.5) is 8.78 Å². The highest BCUT2D eigenvalue weighted by Crippen LogP contribution is 2.01. The van der Waals surface area contributed by atoms with E-state index in [9.17, 15) is 13.9 Å². The van der Waals surface area contributed by atoms with Crippen LogP contribution in [0.5, 0.6) is 0 Å². The van der Waals surface area contributed by atoms with Crippen molar-refractivity contribution in [3.05, 3.63) is 0 Å². The second kappa shape index (κ2) is 4.69. The lowest BCUT2D eigenvalue weighted by atomic mass is 10.3. The van der Waals surface area contributed by atoms with E-state index in [4.69, 9.17) is 0 Å². The summed E-state index contributed by atoms with van der Waals surface area (Å²) in [5.74, 6) is 0. The second-order valence-corrected chi connectivity index (χ2v) is 3.01. The fourth-order valence-electron chi connectivity index (χ4n) is 1.32. The third-order valence-electron chi connectivity index (χ3n) is 1.85. The molecule has 1 rings (SSSR count). The first-order valence-corrected chi connectivity index (χ1v) is 4.08. The van der Waals surface area contributed by atoms with E-state index in [0.717, 1.165) is 0 Å². The normalized spacial score (nSPS) is 27.5. The molecule has 2 N–H and O–H groups in total. The number of hydrogen-bond donors (Lipinski definition) is 2. The fourth-order valence-corrected chi connectivity index (χ4v) is 1.32. The predicted molar refractivity (Wildman–Crippen MR) is 41.3 cm³/mol. The van der Waals surface area contributed by atoms with Crippen molar-refractivity contribution in [3.8, 4) is 0 Å². The van der Waals surface area contributed by atoms with Crippen molar-refractivity contribution in [3.63, 3.8) is 0 Å². The van der Waals surface area contributed by atoms with Gasteiger partial charge in [-0.1, -0.05) is 0 Å². The monoisotopic (exact) mass is 180 g/mol. The Kier molecular flexibility index (Phi) is 3.84. The number of nitrogens with one attached hydrogen (secondary N) is 1. The summed E-state index contributed by atoms with van der Waals surface area (Å²) in [6.45, 7) is 1.86. The Morgan fingerprint density at radius 1 is 1.58 bits per heavy atom. The maximum atomic E-state index is 11.9. The van der Waals surface area contributed by atoms with E-state index in [1.165, 1.54) is 0 Å². The summed E-state index contributed by atoms with van der Waals surface area (Å²) >= 11 is 0. The minimum absolute atomic E-state index is 0.237. The second-order valence-electron chi connectivity index (χ2n) is 3.01. The topological polar surface area (TPSA) is 35.5 Å². The first kappa shape index (κ1) is 9.83. The third kappa shape index (κ3) is 3.42. The summed E-state index contributed by atoms with van der Waals surface area (Å²) < 4.78 is 23.9. The van der Waals surface area contributed by atoms with Gasteiger partial charge in [-0.05, 0) is 0 Å². The molecule has 1 heterocycles. The van der Waals surface area contributed by atoms with Crippen molar-refractivity contribution in [2.24, 2.45) is 0 Å². The Morgan fingerprint density at radius 3 is 3.00 bits per heavy atom. The van der Waals surface area contributed by atoms with Gasteiger partial charge >= 0.3 is 0 Å². The number of rotatable bonds is 2. The Bertz CT molecular complexity index is 135. The van der Waals surface area contributed by atoms with Crippen molar-refractivity contribution < 1.29 is 13.9 Å². The molecule has 1 saturated heterocycles. The number of nitrogens with zero attached hydrogens (tertiary/aromatic N) is 1. The van der Waals surface area contributed by atoms with E-state index >= 15 is 0 Å². The molecule has 12 heavy (non-hydrogen) atoms. The molecule has 0 aromatic carbocycles. The number of alkyl halides is 2. The highest BCUT2D eigenvalue weighted by molar-refractivity contribution is 4.72. The molecule has 0 aliphatic carbocycles. The Balaban J connectivity index is 2.31. The van der Waals surface area contributed by atoms with E-state index < -0.39 is 12.5 Å². The van der Waals surface area contributed by atoms with Crippen molar-refractivity contribution in [2.45, 2.75) is 12.5 Å². The highest BCUT2D eigenvalue weighted by Gasteiger charge is 2.18. The van der Waals surface area contributed by atoms with Crippen LogP contribution in [0.25, 0.3) is 0 Å². The number of aliphatic hydroxyl groups is 1. The fraction of sp³-hybridized carbons (Fsp3) is 1.00. The van der Waals surface area contributed by atoms with Crippen LogP contribution in [-0.4, -0.2) is 55.3 Å². The van der Waals surface area contributed by atoms with E-state index in [1.807, 2.05) is 0 Å². The molecule has 0 aromatic rings. The summed E-state index contributed by atoms with van der Waals surface area (Å²) in [5, 5.41) is 12.2. The summed E-state index contributed by atoms with van der Waals surface area (Å²) in [4.78, 5) is 1.58. The van der Waals surface area contributed by atoms with Gasteiger partial charge in [-0.25, -0.2) is 8.78 Å². The van der Waals surface area contributed by atoms with Crippen LogP contribution < -0.4 is 5.32 Å². The van der Waals surface area contributed by atoms with Crippen LogP contribution in [0.1, 0.15) is 0 Å². The maximum Gasteiger partial charge on any atom is 0.251 e. The third-order valence-corrected chi connectivity index (χ3v) is 1.85.